The highest BCUT2D eigenvalue weighted by Gasteiger charge is 2.30. The van der Waals surface area contributed by atoms with Gasteiger partial charge in [-0.3, -0.25) is 4.79 Å². The van der Waals surface area contributed by atoms with Crippen LogP contribution in [0.3, 0.4) is 0 Å². The molecule has 0 heterocycles. The zero-order valence-electron chi connectivity index (χ0n) is 11.8. The minimum atomic E-state index is -4.41. The molecule has 0 saturated heterocycles. The molecule has 1 N–H and O–H groups in total. The number of rotatable bonds is 4. The third-order valence-corrected chi connectivity index (χ3v) is 3.15. The van der Waals surface area contributed by atoms with Gasteiger partial charge in [0.1, 0.15) is 0 Å². The van der Waals surface area contributed by atoms with Crippen molar-refractivity contribution in [2.45, 2.75) is 12.6 Å². The Morgan fingerprint density at radius 2 is 1.87 bits per heavy atom. The third-order valence-electron chi connectivity index (χ3n) is 2.89. The topological polar surface area (TPSA) is 41.5 Å². The van der Waals surface area contributed by atoms with Gasteiger partial charge in [0.15, 0.2) is 0 Å². The summed E-state index contributed by atoms with van der Waals surface area (Å²) in [5, 5.41) is 4.23. The molecule has 0 spiro atoms. The van der Waals surface area contributed by atoms with E-state index in [-0.39, 0.29) is 17.9 Å². The molecule has 2 aromatic carbocycles. The van der Waals surface area contributed by atoms with E-state index in [2.05, 4.69) is 10.5 Å². The molecule has 3 nitrogen and oxygen atoms in total. The van der Waals surface area contributed by atoms with Gasteiger partial charge in [-0.15, -0.1) is 0 Å². The lowest BCUT2D eigenvalue weighted by molar-refractivity contribution is -0.137. The van der Waals surface area contributed by atoms with Crippen LogP contribution in [0.1, 0.15) is 16.7 Å². The van der Waals surface area contributed by atoms with Crippen molar-refractivity contribution in [3.05, 3.63) is 70.2 Å². The number of nitrogens with zero attached hydrogens (tertiary/aromatic N) is 1. The average molecular weight is 341 g/mol. The maximum atomic E-state index is 12.6. The van der Waals surface area contributed by atoms with Crippen molar-refractivity contribution in [3.63, 3.8) is 0 Å². The van der Waals surface area contributed by atoms with Crippen molar-refractivity contribution >= 4 is 23.7 Å². The first-order valence-electron chi connectivity index (χ1n) is 6.58. The van der Waals surface area contributed by atoms with E-state index in [1.54, 1.807) is 24.3 Å². The Morgan fingerprint density at radius 1 is 1.17 bits per heavy atom. The summed E-state index contributed by atoms with van der Waals surface area (Å²) in [6.45, 7) is 0. The minimum Gasteiger partial charge on any atom is -0.273 e. The Hall–Kier alpha value is -2.34. The molecule has 120 valence electrons. The van der Waals surface area contributed by atoms with Crippen molar-refractivity contribution in [1.29, 1.82) is 0 Å². The van der Waals surface area contributed by atoms with Gasteiger partial charge in [0.05, 0.1) is 18.2 Å². The van der Waals surface area contributed by atoms with E-state index in [0.29, 0.717) is 5.02 Å². The van der Waals surface area contributed by atoms with Gasteiger partial charge in [-0.05, 0) is 35.4 Å². The summed E-state index contributed by atoms with van der Waals surface area (Å²) >= 11 is 5.74. The number of carbonyl (C=O) groups excluding carboxylic acids is 1. The smallest absolute Gasteiger partial charge is 0.273 e. The normalized spacial score (nSPS) is 11.7. The molecular formula is C16H12ClF3N2O. The molecule has 1 amide bonds. The molecule has 0 aromatic heterocycles. The molecule has 0 saturated carbocycles. The second-order valence-corrected chi connectivity index (χ2v) is 5.16. The van der Waals surface area contributed by atoms with Gasteiger partial charge in [0, 0.05) is 5.02 Å². The number of carbonyl (C=O) groups is 1. The van der Waals surface area contributed by atoms with E-state index >= 15 is 0 Å². The van der Waals surface area contributed by atoms with Crippen molar-refractivity contribution in [2.75, 3.05) is 0 Å². The molecule has 2 rings (SSSR count). The Bertz CT molecular complexity index is 712. The van der Waals surface area contributed by atoms with Gasteiger partial charge in [-0.25, -0.2) is 5.43 Å². The number of hydrazone groups is 1. The fraction of sp³-hybridized carbons (Fsp3) is 0.125. The second kappa shape index (κ2) is 7.28. The average Bonchev–Trinajstić information content (AvgIpc) is 2.49. The van der Waals surface area contributed by atoms with Crippen molar-refractivity contribution in [1.82, 2.24) is 5.43 Å². The molecular weight excluding hydrogens is 329 g/mol. The van der Waals surface area contributed by atoms with Crippen LogP contribution in [0.15, 0.2) is 53.6 Å². The lowest BCUT2D eigenvalue weighted by atomic mass is 10.1. The van der Waals surface area contributed by atoms with Crippen LogP contribution in [0.2, 0.25) is 5.02 Å². The fourth-order valence-electron chi connectivity index (χ4n) is 1.80. The zero-order valence-corrected chi connectivity index (χ0v) is 12.5. The summed E-state index contributed by atoms with van der Waals surface area (Å²) < 4.78 is 37.7. The number of nitrogens with one attached hydrogen (secondary N) is 1. The van der Waals surface area contributed by atoms with E-state index in [4.69, 9.17) is 11.6 Å². The first kappa shape index (κ1) is 17.0. The Balaban J connectivity index is 1.93. The van der Waals surface area contributed by atoms with Crippen molar-refractivity contribution < 1.29 is 18.0 Å². The summed E-state index contributed by atoms with van der Waals surface area (Å²) in [6, 6.07) is 11.4. The molecule has 0 aliphatic rings. The fourth-order valence-corrected chi connectivity index (χ4v) is 1.93. The van der Waals surface area contributed by atoms with Gasteiger partial charge in [-0.1, -0.05) is 35.9 Å². The number of alkyl halides is 3. The highest BCUT2D eigenvalue weighted by molar-refractivity contribution is 6.30. The maximum absolute atomic E-state index is 12.6. The molecule has 2 aromatic rings. The zero-order chi connectivity index (χ0) is 16.9. The molecule has 23 heavy (non-hydrogen) atoms. The van der Waals surface area contributed by atoms with Gasteiger partial charge < -0.3 is 0 Å². The maximum Gasteiger partial charge on any atom is 0.416 e. The van der Waals surface area contributed by atoms with Crippen LogP contribution >= 0.6 is 11.6 Å². The van der Waals surface area contributed by atoms with E-state index in [1.807, 2.05) is 0 Å². The number of halogens is 4. The summed E-state index contributed by atoms with van der Waals surface area (Å²) in [6.07, 6.45) is -3.16. The van der Waals surface area contributed by atoms with Crippen LogP contribution in [-0.2, 0) is 17.4 Å². The Morgan fingerprint density at radius 3 is 2.52 bits per heavy atom. The molecule has 0 atom stereocenters. The van der Waals surface area contributed by atoms with E-state index < -0.39 is 11.7 Å². The lowest BCUT2D eigenvalue weighted by Crippen LogP contribution is -2.19. The van der Waals surface area contributed by atoms with Gasteiger partial charge in [0.25, 0.3) is 0 Å². The summed E-state index contributed by atoms with van der Waals surface area (Å²) in [5.41, 5.74) is 2.49. The number of benzene rings is 2. The standard InChI is InChI=1S/C16H12ClF3N2O/c17-14-6-4-11(5-7-14)9-15(23)22-21-10-12-2-1-3-13(8-12)16(18,19)20/h1-8,10H,9H2,(H,22,23)/b21-10-. The predicted octanol–water partition coefficient (Wildman–Crippen LogP) is 4.05. The van der Waals surface area contributed by atoms with Crippen molar-refractivity contribution in [3.8, 4) is 0 Å². The predicted molar refractivity (Wildman–Crippen MR) is 82.3 cm³/mol. The SMILES string of the molecule is O=C(Cc1ccc(Cl)cc1)N/N=C\c1cccc(C(F)(F)F)c1. The lowest BCUT2D eigenvalue weighted by Gasteiger charge is -2.06. The monoisotopic (exact) mass is 340 g/mol. The Kier molecular flexibility index (Phi) is 5.39. The van der Waals surface area contributed by atoms with Gasteiger partial charge >= 0.3 is 6.18 Å². The molecule has 0 aliphatic carbocycles. The number of amides is 1. The van der Waals surface area contributed by atoms with Crippen LogP contribution in [0.5, 0.6) is 0 Å². The molecule has 0 aliphatic heterocycles. The van der Waals surface area contributed by atoms with Crippen LogP contribution in [0, 0.1) is 0 Å². The van der Waals surface area contributed by atoms with Crippen LogP contribution in [0.25, 0.3) is 0 Å². The van der Waals surface area contributed by atoms with Crippen molar-refractivity contribution in [2.24, 2.45) is 5.10 Å². The van der Waals surface area contributed by atoms with Crippen LogP contribution in [-0.4, -0.2) is 12.1 Å². The molecule has 0 unspecified atom stereocenters. The number of hydrogen-bond acceptors (Lipinski definition) is 2. The summed E-state index contributed by atoms with van der Waals surface area (Å²) in [4.78, 5) is 11.7. The second-order valence-electron chi connectivity index (χ2n) is 4.72. The third kappa shape index (κ3) is 5.41. The molecule has 0 fully saturated rings. The molecule has 7 heteroatoms. The number of hydrogen-bond donors (Lipinski definition) is 1. The summed E-state index contributed by atoms with van der Waals surface area (Å²) in [5.74, 6) is -0.379. The van der Waals surface area contributed by atoms with Crippen LogP contribution in [0.4, 0.5) is 13.2 Å². The van der Waals surface area contributed by atoms with E-state index in [9.17, 15) is 18.0 Å². The Labute approximate surface area is 135 Å². The minimum absolute atomic E-state index is 0.0943. The quantitative estimate of drug-likeness (QED) is 0.662. The highest BCUT2D eigenvalue weighted by Crippen LogP contribution is 2.29. The largest absolute Gasteiger partial charge is 0.416 e. The first-order valence-corrected chi connectivity index (χ1v) is 6.96. The van der Waals surface area contributed by atoms with Crippen LogP contribution < -0.4 is 5.43 Å². The molecule has 0 bridgehead atoms. The van der Waals surface area contributed by atoms with Gasteiger partial charge in [-0.2, -0.15) is 18.3 Å². The highest BCUT2D eigenvalue weighted by atomic mass is 35.5. The summed E-state index contributed by atoms with van der Waals surface area (Å²) in [7, 11) is 0. The first-order chi connectivity index (χ1) is 10.8. The van der Waals surface area contributed by atoms with E-state index in [1.165, 1.54) is 12.1 Å². The van der Waals surface area contributed by atoms with E-state index in [0.717, 1.165) is 23.9 Å². The van der Waals surface area contributed by atoms with Gasteiger partial charge in [0.2, 0.25) is 5.91 Å². The molecule has 0 radical (unpaired) electrons.